The maximum Gasteiger partial charge on any atom is 0.326 e. The number of aromatic amines is 1. The lowest BCUT2D eigenvalue weighted by molar-refractivity contribution is -0.148. The predicted octanol–water partition coefficient (Wildman–Crippen LogP) is 3.37. The van der Waals surface area contributed by atoms with E-state index in [0.29, 0.717) is 19.4 Å². The minimum atomic E-state index is -0.754. The van der Waals surface area contributed by atoms with Crippen LogP contribution in [0.4, 0.5) is 0 Å². The number of carbonyl (C=O) groups excluding carboxylic acids is 1. The number of rotatable bonds is 3. The Hall–Kier alpha value is -2.79. The number of benzene rings is 2. The van der Waals surface area contributed by atoms with Crippen LogP contribution < -0.4 is 10.1 Å². The van der Waals surface area contributed by atoms with Gasteiger partial charge in [0.05, 0.1) is 13.7 Å². The van der Waals surface area contributed by atoms with E-state index in [1.165, 1.54) is 7.11 Å². The number of fused-ring (bicyclic) bond motifs is 4. The molecule has 0 aliphatic carbocycles. The largest absolute Gasteiger partial charge is 0.493 e. The Bertz CT molecular complexity index is 1010. The minimum Gasteiger partial charge on any atom is -0.493 e. The molecule has 5 rings (SSSR count). The zero-order chi connectivity index (χ0) is 18.4. The van der Waals surface area contributed by atoms with Crippen LogP contribution in [-0.4, -0.2) is 30.2 Å². The second-order valence-electron chi connectivity index (χ2n) is 7.55. The Kier molecular flexibility index (Phi) is 3.72. The van der Waals surface area contributed by atoms with Crippen LogP contribution in [0.25, 0.3) is 10.9 Å². The summed E-state index contributed by atoms with van der Waals surface area (Å²) >= 11 is 0. The molecule has 0 amide bonds. The SMILES string of the molecule is COC(=O)[C@@]1(Cc2c[nH]c3ccccc23)C[C@H]2COc3ccccc3[C@H]2N1. The van der Waals surface area contributed by atoms with Crippen LogP contribution in [-0.2, 0) is 16.0 Å². The molecule has 3 heterocycles. The van der Waals surface area contributed by atoms with Crippen LogP contribution in [0.2, 0.25) is 0 Å². The molecule has 2 aliphatic heterocycles. The lowest BCUT2D eigenvalue weighted by Crippen LogP contribution is -2.50. The van der Waals surface area contributed by atoms with Gasteiger partial charge in [0.2, 0.25) is 0 Å². The monoisotopic (exact) mass is 362 g/mol. The van der Waals surface area contributed by atoms with Gasteiger partial charge in [-0.05, 0) is 24.1 Å². The van der Waals surface area contributed by atoms with Gasteiger partial charge in [-0.15, -0.1) is 0 Å². The van der Waals surface area contributed by atoms with Gasteiger partial charge in [0, 0.05) is 41.0 Å². The second kappa shape index (κ2) is 6.13. The summed E-state index contributed by atoms with van der Waals surface area (Å²) in [5.41, 5.74) is 2.57. The van der Waals surface area contributed by atoms with E-state index in [-0.39, 0.29) is 17.9 Å². The number of ether oxygens (including phenoxy) is 2. The molecule has 138 valence electrons. The number of aromatic nitrogens is 1. The van der Waals surface area contributed by atoms with Gasteiger partial charge in [0.1, 0.15) is 11.3 Å². The van der Waals surface area contributed by atoms with Crippen molar-refractivity contribution in [2.75, 3.05) is 13.7 Å². The average Bonchev–Trinajstić information content (AvgIpc) is 3.30. The molecule has 0 radical (unpaired) electrons. The third kappa shape index (κ3) is 2.53. The molecule has 1 saturated heterocycles. The van der Waals surface area contributed by atoms with Crippen molar-refractivity contribution in [3.05, 3.63) is 65.9 Å². The normalized spacial score (nSPS) is 26.3. The fourth-order valence-corrected chi connectivity index (χ4v) is 4.73. The van der Waals surface area contributed by atoms with Gasteiger partial charge >= 0.3 is 5.97 Å². The van der Waals surface area contributed by atoms with E-state index in [1.807, 2.05) is 36.5 Å². The molecule has 0 spiro atoms. The van der Waals surface area contributed by atoms with E-state index < -0.39 is 5.54 Å². The number of nitrogens with one attached hydrogen (secondary N) is 2. The zero-order valence-electron chi connectivity index (χ0n) is 15.2. The molecule has 0 saturated carbocycles. The van der Waals surface area contributed by atoms with Crippen molar-refractivity contribution < 1.29 is 14.3 Å². The number of carbonyl (C=O) groups is 1. The van der Waals surface area contributed by atoms with Crippen LogP contribution in [0.15, 0.2) is 54.7 Å². The third-order valence-electron chi connectivity index (χ3n) is 5.96. The van der Waals surface area contributed by atoms with Crippen LogP contribution in [0.5, 0.6) is 5.75 Å². The maximum absolute atomic E-state index is 12.9. The Balaban J connectivity index is 1.54. The Morgan fingerprint density at radius 2 is 2.04 bits per heavy atom. The van der Waals surface area contributed by atoms with Crippen LogP contribution in [0, 0.1) is 5.92 Å². The lowest BCUT2D eigenvalue weighted by atomic mass is 9.84. The molecule has 0 bridgehead atoms. The number of hydrogen-bond acceptors (Lipinski definition) is 4. The average molecular weight is 362 g/mol. The van der Waals surface area contributed by atoms with Gasteiger partial charge in [-0.25, -0.2) is 0 Å². The molecule has 0 unspecified atom stereocenters. The molecule has 2 aliphatic rings. The molecule has 3 aromatic rings. The first kappa shape index (κ1) is 16.4. The van der Waals surface area contributed by atoms with Crippen molar-refractivity contribution in [2.24, 2.45) is 5.92 Å². The Morgan fingerprint density at radius 1 is 1.22 bits per heavy atom. The van der Waals surface area contributed by atoms with Crippen LogP contribution >= 0.6 is 0 Å². The van der Waals surface area contributed by atoms with E-state index in [4.69, 9.17) is 9.47 Å². The quantitative estimate of drug-likeness (QED) is 0.701. The van der Waals surface area contributed by atoms with Crippen molar-refractivity contribution in [2.45, 2.75) is 24.4 Å². The smallest absolute Gasteiger partial charge is 0.326 e. The van der Waals surface area contributed by atoms with Gasteiger partial charge < -0.3 is 14.5 Å². The minimum absolute atomic E-state index is 0.0965. The maximum atomic E-state index is 12.9. The first-order valence-electron chi connectivity index (χ1n) is 9.33. The summed E-state index contributed by atoms with van der Waals surface area (Å²) in [6.45, 7) is 0.612. The van der Waals surface area contributed by atoms with E-state index in [2.05, 4.69) is 28.5 Å². The van der Waals surface area contributed by atoms with Crippen LogP contribution in [0.3, 0.4) is 0 Å². The number of H-pyrrole nitrogens is 1. The lowest BCUT2D eigenvalue weighted by Gasteiger charge is -2.29. The van der Waals surface area contributed by atoms with Gasteiger partial charge in [0.25, 0.3) is 0 Å². The van der Waals surface area contributed by atoms with Crippen molar-refractivity contribution in [3.8, 4) is 5.75 Å². The summed E-state index contributed by atoms with van der Waals surface area (Å²) in [5, 5.41) is 4.80. The van der Waals surface area contributed by atoms with Gasteiger partial charge in [-0.3, -0.25) is 10.1 Å². The third-order valence-corrected chi connectivity index (χ3v) is 5.96. The number of para-hydroxylation sites is 2. The molecule has 5 nitrogen and oxygen atoms in total. The van der Waals surface area contributed by atoms with Gasteiger partial charge in [0.15, 0.2) is 0 Å². The molecule has 1 fully saturated rings. The summed E-state index contributed by atoms with van der Waals surface area (Å²) in [5.74, 6) is 0.933. The van der Waals surface area contributed by atoms with E-state index in [0.717, 1.165) is 27.8 Å². The number of esters is 1. The van der Waals surface area contributed by atoms with Crippen molar-refractivity contribution in [3.63, 3.8) is 0 Å². The molecule has 3 atom stereocenters. The topological polar surface area (TPSA) is 63.4 Å². The van der Waals surface area contributed by atoms with Crippen molar-refractivity contribution in [1.29, 1.82) is 0 Å². The summed E-state index contributed by atoms with van der Waals surface area (Å²) in [7, 11) is 1.47. The van der Waals surface area contributed by atoms with Gasteiger partial charge in [-0.1, -0.05) is 36.4 Å². The van der Waals surface area contributed by atoms with Gasteiger partial charge in [-0.2, -0.15) is 0 Å². The first-order chi connectivity index (χ1) is 13.2. The Labute approximate surface area is 157 Å². The zero-order valence-corrected chi connectivity index (χ0v) is 15.2. The highest BCUT2D eigenvalue weighted by Crippen LogP contribution is 2.46. The molecular weight excluding hydrogens is 340 g/mol. The number of hydrogen-bond donors (Lipinski definition) is 2. The van der Waals surface area contributed by atoms with E-state index >= 15 is 0 Å². The molecule has 2 aromatic carbocycles. The fourth-order valence-electron chi connectivity index (χ4n) is 4.73. The highest BCUT2D eigenvalue weighted by molar-refractivity contribution is 5.86. The molecule has 5 heteroatoms. The highest BCUT2D eigenvalue weighted by Gasteiger charge is 2.53. The molecule has 2 N–H and O–H groups in total. The summed E-state index contributed by atoms with van der Waals surface area (Å²) in [6.07, 6.45) is 3.28. The standard InChI is InChI=1S/C22H22N2O3/c1-26-21(25)22(10-14-12-23-18-8-4-2-6-16(14)18)11-15-13-27-19-9-5-3-7-17(19)20(15)24-22/h2-9,12,15,20,23-24H,10-11,13H2,1H3/t15-,20-,22+/m0/s1. The molecular formula is C22H22N2O3. The second-order valence-corrected chi connectivity index (χ2v) is 7.55. The number of methoxy groups -OCH3 is 1. The fraction of sp³-hybridized carbons (Fsp3) is 0.318. The summed E-state index contributed by atoms with van der Waals surface area (Å²) in [4.78, 5) is 16.2. The van der Waals surface area contributed by atoms with Crippen molar-refractivity contribution in [1.82, 2.24) is 10.3 Å². The van der Waals surface area contributed by atoms with E-state index in [9.17, 15) is 4.79 Å². The summed E-state index contributed by atoms with van der Waals surface area (Å²) < 4.78 is 11.2. The highest BCUT2D eigenvalue weighted by atomic mass is 16.5. The summed E-state index contributed by atoms with van der Waals surface area (Å²) in [6, 6.07) is 16.3. The van der Waals surface area contributed by atoms with Crippen LogP contribution in [0.1, 0.15) is 23.6 Å². The van der Waals surface area contributed by atoms with Crippen molar-refractivity contribution >= 4 is 16.9 Å². The first-order valence-corrected chi connectivity index (χ1v) is 9.33. The Morgan fingerprint density at radius 3 is 2.93 bits per heavy atom. The van der Waals surface area contributed by atoms with E-state index in [1.54, 1.807) is 0 Å². The molecule has 27 heavy (non-hydrogen) atoms. The predicted molar refractivity (Wildman–Crippen MR) is 103 cm³/mol. The molecule has 1 aromatic heterocycles.